The number of nitrogens with one attached hydrogen (secondary N) is 2. The van der Waals surface area contributed by atoms with Crippen molar-refractivity contribution in [2.45, 2.75) is 45.1 Å². The van der Waals surface area contributed by atoms with E-state index in [0.717, 1.165) is 45.0 Å². The summed E-state index contributed by atoms with van der Waals surface area (Å²) >= 11 is 1.81. The molecule has 2 heterocycles. The van der Waals surface area contributed by atoms with Crippen molar-refractivity contribution in [3.8, 4) is 0 Å². The number of guanidine groups is 1. The van der Waals surface area contributed by atoms with E-state index >= 15 is 0 Å². The zero-order valence-corrected chi connectivity index (χ0v) is 20.3. The van der Waals surface area contributed by atoms with E-state index in [1.165, 1.54) is 10.6 Å². The Morgan fingerprint density at radius 1 is 1.14 bits per heavy atom. The van der Waals surface area contributed by atoms with Gasteiger partial charge in [0, 0.05) is 41.7 Å². The molecule has 1 saturated heterocycles. The van der Waals surface area contributed by atoms with Gasteiger partial charge in [-0.15, -0.1) is 35.3 Å². The molecular weight excluding hydrogens is 479 g/mol. The molecule has 2 aromatic rings. The average Bonchev–Trinajstić information content (AvgIpc) is 3.24. The average molecular weight is 513 g/mol. The molecule has 3 rings (SSSR count). The van der Waals surface area contributed by atoms with E-state index in [-0.39, 0.29) is 29.4 Å². The highest BCUT2D eigenvalue weighted by molar-refractivity contribution is 14.0. The molecule has 1 aliphatic rings. The Morgan fingerprint density at radius 2 is 1.86 bits per heavy atom. The van der Waals surface area contributed by atoms with Crippen LogP contribution in [0.3, 0.4) is 0 Å². The quantitative estimate of drug-likeness (QED) is 0.330. The molecule has 2 N–H and O–H groups in total. The summed E-state index contributed by atoms with van der Waals surface area (Å²) < 4.78 is 0. The number of piperidine rings is 1. The number of hydrogen-bond donors (Lipinski definition) is 2. The Labute approximate surface area is 190 Å². The molecule has 0 radical (unpaired) electrons. The molecule has 0 bridgehead atoms. The lowest BCUT2D eigenvalue weighted by Gasteiger charge is -2.34. The summed E-state index contributed by atoms with van der Waals surface area (Å²) in [6.07, 6.45) is 2.27. The molecule has 0 unspecified atom stereocenters. The third-order valence-electron chi connectivity index (χ3n) is 5.12. The van der Waals surface area contributed by atoms with Crippen LogP contribution < -0.4 is 15.5 Å². The Balaban J connectivity index is 0.00000280. The van der Waals surface area contributed by atoms with Crippen molar-refractivity contribution in [2.24, 2.45) is 4.99 Å². The minimum absolute atomic E-state index is 0. The monoisotopic (exact) mass is 512 g/mol. The van der Waals surface area contributed by atoms with Gasteiger partial charge in [-0.3, -0.25) is 4.99 Å². The number of para-hydroxylation sites is 1. The van der Waals surface area contributed by atoms with Crippen molar-refractivity contribution in [3.05, 3.63) is 52.7 Å². The molecule has 1 aromatic carbocycles. The van der Waals surface area contributed by atoms with Crippen LogP contribution >= 0.6 is 35.3 Å². The van der Waals surface area contributed by atoms with Crippen LogP contribution in [-0.2, 0) is 5.41 Å². The van der Waals surface area contributed by atoms with E-state index in [4.69, 9.17) is 4.99 Å². The standard InChI is InChI=1S/C22H32N4S.HI/c1-4-23-21(24-17-22(2,3)20-11-8-16-27-20)25-18-12-14-26(15-13-18)19-9-6-5-7-10-19;/h5-11,16,18H,4,12-15,17H2,1-3H3,(H2,23,24,25);1H. The number of anilines is 1. The molecule has 4 nitrogen and oxygen atoms in total. The first-order valence-electron chi connectivity index (χ1n) is 9.97. The Hall–Kier alpha value is -1.28. The van der Waals surface area contributed by atoms with Gasteiger partial charge in [-0.1, -0.05) is 38.1 Å². The molecule has 1 aromatic heterocycles. The predicted octanol–water partition coefficient (Wildman–Crippen LogP) is 4.87. The lowest BCUT2D eigenvalue weighted by Crippen LogP contribution is -2.49. The number of halogens is 1. The molecule has 0 spiro atoms. The van der Waals surface area contributed by atoms with E-state index in [2.05, 4.69) is 84.1 Å². The van der Waals surface area contributed by atoms with Crippen LogP contribution in [0.25, 0.3) is 0 Å². The molecule has 28 heavy (non-hydrogen) atoms. The van der Waals surface area contributed by atoms with Crippen LogP contribution in [-0.4, -0.2) is 38.2 Å². The summed E-state index contributed by atoms with van der Waals surface area (Å²) in [4.78, 5) is 8.76. The molecule has 6 heteroatoms. The molecule has 1 aliphatic heterocycles. The fraction of sp³-hybridized carbons (Fsp3) is 0.500. The number of benzene rings is 1. The maximum Gasteiger partial charge on any atom is 0.191 e. The molecule has 0 aliphatic carbocycles. The smallest absolute Gasteiger partial charge is 0.191 e. The van der Waals surface area contributed by atoms with Crippen molar-refractivity contribution in [3.63, 3.8) is 0 Å². The molecule has 0 amide bonds. The second-order valence-corrected chi connectivity index (χ2v) is 8.75. The fourth-order valence-corrected chi connectivity index (χ4v) is 4.30. The highest BCUT2D eigenvalue weighted by Gasteiger charge is 2.23. The van der Waals surface area contributed by atoms with Gasteiger partial charge in [0.05, 0.1) is 6.54 Å². The van der Waals surface area contributed by atoms with Gasteiger partial charge >= 0.3 is 0 Å². The normalized spacial score (nSPS) is 15.8. The lowest BCUT2D eigenvalue weighted by atomic mass is 9.92. The van der Waals surface area contributed by atoms with E-state index < -0.39 is 0 Å². The van der Waals surface area contributed by atoms with Crippen molar-refractivity contribution < 1.29 is 0 Å². The second kappa shape index (κ2) is 11.0. The Kier molecular flexibility index (Phi) is 9.08. The molecular formula is C22H33IN4S. The summed E-state index contributed by atoms with van der Waals surface area (Å²) in [5.74, 6) is 0.945. The molecule has 0 atom stereocenters. The van der Waals surface area contributed by atoms with E-state index in [0.29, 0.717) is 6.04 Å². The summed E-state index contributed by atoms with van der Waals surface area (Å²) in [5.41, 5.74) is 1.39. The zero-order chi connectivity index (χ0) is 19.1. The first kappa shape index (κ1) is 23.0. The fourth-order valence-electron chi connectivity index (χ4n) is 3.45. The topological polar surface area (TPSA) is 39.7 Å². The van der Waals surface area contributed by atoms with Gasteiger partial charge < -0.3 is 15.5 Å². The summed E-state index contributed by atoms with van der Waals surface area (Å²) in [6.45, 7) is 10.5. The van der Waals surface area contributed by atoms with Crippen LogP contribution in [0.5, 0.6) is 0 Å². The predicted molar refractivity (Wildman–Crippen MR) is 134 cm³/mol. The number of rotatable bonds is 6. The third kappa shape index (κ3) is 6.37. The van der Waals surface area contributed by atoms with Crippen LogP contribution in [0.1, 0.15) is 38.5 Å². The van der Waals surface area contributed by atoms with Crippen molar-refractivity contribution in [1.29, 1.82) is 0 Å². The summed E-state index contributed by atoms with van der Waals surface area (Å²) in [6, 6.07) is 15.5. The van der Waals surface area contributed by atoms with Gasteiger partial charge in [-0.2, -0.15) is 0 Å². The number of hydrogen-bond acceptors (Lipinski definition) is 3. The van der Waals surface area contributed by atoms with Crippen LogP contribution in [0, 0.1) is 0 Å². The van der Waals surface area contributed by atoms with Gasteiger partial charge in [0.15, 0.2) is 5.96 Å². The minimum atomic E-state index is 0. The summed E-state index contributed by atoms with van der Waals surface area (Å²) in [7, 11) is 0. The third-order valence-corrected chi connectivity index (χ3v) is 6.36. The minimum Gasteiger partial charge on any atom is -0.371 e. The summed E-state index contributed by atoms with van der Waals surface area (Å²) in [5, 5.41) is 9.23. The van der Waals surface area contributed by atoms with Crippen LogP contribution in [0.4, 0.5) is 5.69 Å². The highest BCUT2D eigenvalue weighted by atomic mass is 127. The van der Waals surface area contributed by atoms with Crippen LogP contribution in [0.15, 0.2) is 52.8 Å². The van der Waals surface area contributed by atoms with Crippen molar-refractivity contribution in [2.75, 3.05) is 31.1 Å². The van der Waals surface area contributed by atoms with E-state index in [9.17, 15) is 0 Å². The van der Waals surface area contributed by atoms with Gasteiger partial charge in [-0.05, 0) is 43.3 Å². The first-order chi connectivity index (χ1) is 13.1. The maximum atomic E-state index is 4.90. The Bertz CT molecular complexity index is 707. The van der Waals surface area contributed by atoms with E-state index in [1.54, 1.807) is 0 Å². The van der Waals surface area contributed by atoms with E-state index in [1.807, 2.05) is 11.3 Å². The molecule has 0 saturated carbocycles. The van der Waals surface area contributed by atoms with Crippen molar-refractivity contribution >= 4 is 47.0 Å². The number of thiophene rings is 1. The van der Waals surface area contributed by atoms with Gasteiger partial charge in [0.1, 0.15) is 0 Å². The Morgan fingerprint density at radius 3 is 2.46 bits per heavy atom. The second-order valence-electron chi connectivity index (χ2n) is 7.80. The highest BCUT2D eigenvalue weighted by Crippen LogP contribution is 2.27. The van der Waals surface area contributed by atoms with Crippen LogP contribution in [0.2, 0.25) is 0 Å². The maximum absolute atomic E-state index is 4.90. The molecule has 154 valence electrons. The SMILES string of the molecule is CCNC(=NCC(C)(C)c1cccs1)NC1CCN(c2ccccc2)CC1.I. The number of aliphatic imine (C=N–C) groups is 1. The lowest BCUT2D eigenvalue weighted by molar-refractivity contribution is 0.459. The largest absolute Gasteiger partial charge is 0.371 e. The van der Waals surface area contributed by atoms with Gasteiger partial charge in [0.25, 0.3) is 0 Å². The van der Waals surface area contributed by atoms with Gasteiger partial charge in [-0.25, -0.2) is 0 Å². The number of nitrogens with zero attached hydrogens (tertiary/aromatic N) is 2. The van der Waals surface area contributed by atoms with Crippen molar-refractivity contribution in [1.82, 2.24) is 10.6 Å². The first-order valence-corrected chi connectivity index (χ1v) is 10.9. The van der Waals surface area contributed by atoms with Gasteiger partial charge in [0.2, 0.25) is 0 Å². The molecule has 1 fully saturated rings. The zero-order valence-electron chi connectivity index (χ0n) is 17.1.